The topological polar surface area (TPSA) is 88.4 Å². The molecule has 33 heavy (non-hydrogen) atoms. The zero-order valence-corrected chi connectivity index (χ0v) is 19.0. The Kier molecular flexibility index (Phi) is 5.33. The molecule has 3 atom stereocenters. The van der Waals surface area contributed by atoms with Crippen molar-refractivity contribution in [1.82, 2.24) is 0 Å². The molecule has 0 saturated heterocycles. The molecule has 2 aliphatic rings. The minimum Gasteiger partial charge on any atom is -0.508 e. The Hall–Kier alpha value is -3.38. The first-order chi connectivity index (χ1) is 15.9. The van der Waals surface area contributed by atoms with Gasteiger partial charge in [0.1, 0.15) is 23.4 Å². The molecular weight excluding hydrogens is 420 g/mol. The van der Waals surface area contributed by atoms with Gasteiger partial charge in [0.05, 0.1) is 20.3 Å². The van der Waals surface area contributed by atoms with Crippen LogP contribution in [-0.4, -0.2) is 35.6 Å². The zero-order valence-electron chi connectivity index (χ0n) is 19.0. The second-order valence-corrected chi connectivity index (χ2v) is 8.74. The normalized spacial score (nSPS) is 20.8. The van der Waals surface area contributed by atoms with E-state index in [-0.39, 0.29) is 17.4 Å². The zero-order chi connectivity index (χ0) is 23.3. The Balaban J connectivity index is 1.65. The molecule has 0 spiro atoms. The predicted octanol–water partition coefficient (Wildman–Crippen LogP) is 4.87. The van der Waals surface area contributed by atoms with Crippen molar-refractivity contribution in [3.63, 3.8) is 0 Å². The first-order valence-electron chi connectivity index (χ1n) is 11.2. The summed E-state index contributed by atoms with van der Waals surface area (Å²) in [5.74, 6) is 2.27. The number of ether oxygens (including phenoxy) is 3. The fourth-order valence-electron chi connectivity index (χ4n) is 5.30. The van der Waals surface area contributed by atoms with Crippen LogP contribution in [0.15, 0.2) is 42.5 Å². The lowest BCUT2D eigenvalue weighted by Crippen LogP contribution is -2.32. The van der Waals surface area contributed by atoms with Gasteiger partial charge in [0.2, 0.25) is 0 Å². The molecule has 0 unspecified atom stereocenters. The number of hydrogen-bond acceptors (Lipinski definition) is 6. The Labute approximate surface area is 193 Å². The van der Waals surface area contributed by atoms with Crippen LogP contribution in [0.1, 0.15) is 47.6 Å². The molecule has 0 saturated carbocycles. The lowest BCUT2D eigenvalue weighted by molar-refractivity contribution is 0.0201. The minimum absolute atomic E-state index is 0.0400. The van der Waals surface area contributed by atoms with Crippen molar-refractivity contribution in [2.75, 3.05) is 14.2 Å². The summed E-state index contributed by atoms with van der Waals surface area (Å²) < 4.78 is 17.4. The van der Waals surface area contributed by atoms with Crippen LogP contribution < -0.4 is 14.2 Å². The first-order valence-corrected chi connectivity index (χ1v) is 11.2. The Morgan fingerprint density at radius 3 is 2.48 bits per heavy atom. The molecule has 0 radical (unpaired) electrons. The van der Waals surface area contributed by atoms with Crippen molar-refractivity contribution in [3.05, 3.63) is 64.7 Å². The molecule has 0 bridgehead atoms. The van der Waals surface area contributed by atoms with Gasteiger partial charge >= 0.3 is 0 Å². The summed E-state index contributed by atoms with van der Waals surface area (Å²) in [4.78, 5) is 0. The number of benzene rings is 3. The van der Waals surface area contributed by atoms with E-state index in [9.17, 15) is 15.3 Å². The average Bonchev–Trinajstić information content (AvgIpc) is 2.82. The highest BCUT2D eigenvalue weighted by Gasteiger charge is 2.37. The number of methoxy groups -OCH3 is 2. The number of aromatic hydroxyl groups is 2. The molecule has 1 aliphatic carbocycles. The van der Waals surface area contributed by atoms with Gasteiger partial charge in [0.25, 0.3) is 0 Å². The van der Waals surface area contributed by atoms with E-state index in [2.05, 4.69) is 6.92 Å². The average molecular weight is 449 g/mol. The molecule has 0 amide bonds. The molecule has 3 aromatic rings. The maximum atomic E-state index is 11.1. The predicted molar refractivity (Wildman–Crippen MR) is 125 cm³/mol. The number of fused-ring (bicyclic) bond motifs is 5. The van der Waals surface area contributed by atoms with Crippen LogP contribution in [0.4, 0.5) is 0 Å². The van der Waals surface area contributed by atoms with Gasteiger partial charge in [0.15, 0.2) is 11.5 Å². The molecule has 3 aromatic carbocycles. The lowest BCUT2D eigenvalue weighted by atomic mass is 9.73. The smallest absolute Gasteiger partial charge is 0.160 e. The second-order valence-electron chi connectivity index (χ2n) is 8.74. The third-order valence-corrected chi connectivity index (χ3v) is 6.89. The van der Waals surface area contributed by atoms with E-state index in [4.69, 9.17) is 14.2 Å². The highest BCUT2D eigenvalue weighted by molar-refractivity contribution is 5.83. The summed E-state index contributed by atoms with van der Waals surface area (Å²) in [6.07, 6.45) is 0.808. The van der Waals surface area contributed by atoms with Crippen LogP contribution in [0.2, 0.25) is 0 Å². The summed E-state index contributed by atoms with van der Waals surface area (Å²) in [6, 6.07) is 12.4. The van der Waals surface area contributed by atoms with Crippen LogP contribution in [0.5, 0.6) is 28.7 Å². The largest absolute Gasteiger partial charge is 0.508 e. The molecule has 0 fully saturated rings. The number of rotatable bonds is 4. The molecular formula is C27H28O6. The fraction of sp³-hybridized carbons (Fsp3) is 0.333. The van der Waals surface area contributed by atoms with Crippen LogP contribution in [0, 0.1) is 0 Å². The Morgan fingerprint density at radius 2 is 1.76 bits per heavy atom. The van der Waals surface area contributed by atoms with Crippen molar-refractivity contribution in [3.8, 4) is 39.9 Å². The summed E-state index contributed by atoms with van der Waals surface area (Å²) in [6.45, 7) is 2.15. The van der Waals surface area contributed by atoms with Crippen LogP contribution in [0.25, 0.3) is 11.1 Å². The van der Waals surface area contributed by atoms with Crippen molar-refractivity contribution in [2.24, 2.45) is 0 Å². The van der Waals surface area contributed by atoms with Gasteiger partial charge in [-0.3, -0.25) is 0 Å². The number of phenolic OH excluding ortho intramolecular Hbond substituents is 2. The fourth-order valence-corrected chi connectivity index (χ4v) is 5.30. The van der Waals surface area contributed by atoms with Gasteiger partial charge in [0, 0.05) is 23.6 Å². The third kappa shape index (κ3) is 3.45. The Bertz CT molecular complexity index is 1220. The van der Waals surface area contributed by atoms with Crippen molar-refractivity contribution >= 4 is 0 Å². The van der Waals surface area contributed by atoms with Crippen molar-refractivity contribution < 1.29 is 29.5 Å². The van der Waals surface area contributed by atoms with E-state index in [1.165, 1.54) is 7.11 Å². The monoisotopic (exact) mass is 448 g/mol. The van der Waals surface area contributed by atoms with E-state index >= 15 is 0 Å². The number of aliphatic hydroxyl groups excluding tert-OH is 1. The maximum absolute atomic E-state index is 11.1. The first kappa shape index (κ1) is 21.5. The van der Waals surface area contributed by atoms with Crippen LogP contribution >= 0.6 is 0 Å². The highest BCUT2D eigenvalue weighted by Crippen LogP contribution is 2.53. The van der Waals surface area contributed by atoms with E-state index in [0.717, 1.165) is 46.2 Å². The van der Waals surface area contributed by atoms with Crippen LogP contribution in [0.3, 0.4) is 0 Å². The van der Waals surface area contributed by atoms with E-state index in [1.54, 1.807) is 31.4 Å². The SMILES string of the molecule is CC[C@H]1Cc2cc(O)ccc2-c2c(OC)cc3c(c21)C[C@@H](O)[C@@H](c1ccc(O)c(OC)c1)O3. The lowest BCUT2D eigenvalue weighted by Gasteiger charge is -2.37. The second kappa shape index (κ2) is 8.19. The molecule has 172 valence electrons. The molecule has 6 nitrogen and oxygen atoms in total. The minimum atomic E-state index is -0.761. The molecule has 0 aromatic heterocycles. The number of phenols is 2. The van der Waals surface area contributed by atoms with E-state index in [0.29, 0.717) is 23.7 Å². The Morgan fingerprint density at radius 1 is 0.970 bits per heavy atom. The number of aliphatic hydroxyl groups is 1. The van der Waals surface area contributed by atoms with E-state index < -0.39 is 12.2 Å². The summed E-state index contributed by atoms with van der Waals surface area (Å²) in [5.41, 5.74) is 6.06. The summed E-state index contributed by atoms with van der Waals surface area (Å²) >= 11 is 0. The van der Waals surface area contributed by atoms with E-state index in [1.807, 2.05) is 18.2 Å². The highest BCUT2D eigenvalue weighted by atomic mass is 16.5. The number of hydrogen-bond donors (Lipinski definition) is 3. The standard InChI is InChI=1S/C27H28O6/c1-4-14-9-16-10-17(28)6-7-18(16)26-24(32-3)13-22-19(25(14)26)12-21(30)27(33-22)15-5-8-20(29)23(11-15)31-2/h5-8,10-11,13-14,21,27-30H,4,9,12H2,1-3H3/t14-,21+,27+/m0/s1. The van der Waals surface area contributed by atoms with Gasteiger partial charge in [-0.15, -0.1) is 0 Å². The summed E-state index contributed by atoms with van der Waals surface area (Å²) in [5, 5.41) is 31.1. The molecule has 1 heterocycles. The molecule has 5 rings (SSSR count). The van der Waals surface area contributed by atoms with Gasteiger partial charge < -0.3 is 29.5 Å². The van der Waals surface area contributed by atoms with Crippen molar-refractivity contribution in [2.45, 2.75) is 44.3 Å². The summed E-state index contributed by atoms with van der Waals surface area (Å²) in [7, 11) is 3.14. The molecule has 6 heteroatoms. The van der Waals surface area contributed by atoms with Gasteiger partial charge in [-0.1, -0.05) is 19.1 Å². The van der Waals surface area contributed by atoms with Crippen molar-refractivity contribution in [1.29, 1.82) is 0 Å². The van der Waals surface area contributed by atoms with Gasteiger partial charge in [-0.2, -0.15) is 0 Å². The quantitative estimate of drug-likeness (QED) is 0.528. The molecule has 3 N–H and O–H groups in total. The van der Waals surface area contributed by atoms with Gasteiger partial charge in [-0.25, -0.2) is 0 Å². The molecule has 1 aliphatic heterocycles. The maximum Gasteiger partial charge on any atom is 0.160 e. The van der Waals surface area contributed by atoms with Crippen LogP contribution in [-0.2, 0) is 12.8 Å². The van der Waals surface area contributed by atoms with Gasteiger partial charge in [-0.05, 0) is 65.3 Å². The third-order valence-electron chi connectivity index (χ3n) is 6.89.